The van der Waals surface area contributed by atoms with Gasteiger partial charge < -0.3 is 10.6 Å². The second kappa shape index (κ2) is 5.82. The molecule has 3 rings (SSSR count). The van der Waals surface area contributed by atoms with Gasteiger partial charge in [-0.3, -0.25) is 0 Å². The van der Waals surface area contributed by atoms with Gasteiger partial charge in [0.1, 0.15) is 0 Å². The first-order chi connectivity index (χ1) is 9.33. The Labute approximate surface area is 118 Å². The monoisotopic (exact) mass is 273 g/mol. The number of thiazole rings is 1. The maximum absolute atomic E-state index is 4.31. The number of fused-ring (bicyclic) bond motifs is 1. The summed E-state index contributed by atoms with van der Waals surface area (Å²) in [5, 5.41) is 8.30. The molecule has 0 saturated heterocycles. The summed E-state index contributed by atoms with van der Waals surface area (Å²) < 4.78 is 0. The van der Waals surface area contributed by atoms with Crippen molar-refractivity contribution >= 4 is 11.3 Å². The van der Waals surface area contributed by atoms with E-state index in [0.717, 1.165) is 31.1 Å². The number of hydrogen-bond donors (Lipinski definition) is 2. The van der Waals surface area contributed by atoms with Crippen LogP contribution in [0.25, 0.3) is 0 Å². The highest BCUT2D eigenvalue weighted by Crippen LogP contribution is 2.24. The maximum Gasteiger partial charge on any atom is 0.0897 e. The molecule has 1 aromatic heterocycles. The van der Waals surface area contributed by atoms with Crippen LogP contribution < -0.4 is 10.6 Å². The molecule has 0 bridgehead atoms. The summed E-state index contributed by atoms with van der Waals surface area (Å²) in [4.78, 5) is 5.62. The molecule has 1 atom stereocenters. The molecule has 2 heterocycles. The SMILES string of the molecule is Cc1ncc(CNC2CCNCc3ccccc32)s1. The van der Waals surface area contributed by atoms with Crippen LogP contribution in [-0.4, -0.2) is 11.5 Å². The minimum Gasteiger partial charge on any atom is -0.313 e. The van der Waals surface area contributed by atoms with E-state index in [1.165, 1.54) is 16.0 Å². The zero-order valence-electron chi connectivity index (χ0n) is 11.1. The van der Waals surface area contributed by atoms with Gasteiger partial charge in [-0.2, -0.15) is 0 Å². The van der Waals surface area contributed by atoms with Crippen molar-refractivity contribution in [3.8, 4) is 0 Å². The van der Waals surface area contributed by atoms with Gasteiger partial charge in [0.05, 0.1) is 5.01 Å². The van der Waals surface area contributed by atoms with Gasteiger partial charge in [-0.25, -0.2) is 4.98 Å². The van der Waals surface area contributed by atoms with Gasteiger partial charge in [-0.1, -0.05) is 24.3 Å². The Morgan fingerprint density at radius 2 is 2.32 bits per heavy atom. The fraction of sp³-hybridized carbons (Fsp3) is 0.400. The van der Waals surface area contributed by atoms with E-state index in [1.807, 2.05) is 6.20 Å². The van der Waals surface area contributed by atoms with Gasteiger partial charge >= 0.3 is 0 Å². The number of aromatic nitrogens is 1. The van der Waals surface area contributed by atoms with Crippen LogP contribution in [0.1, 0.15) is 33.5 Å². The van der Waals surface area contributed by atoms with Gasteiger partial charge in [-0.05, 0) is 31.0 Å². The number of rotatable bonds is 3. The van der Waals surface area contributed by atoms with Crippen molar-refractivity contribution in [1.29, 1.82) is 0 Å². The van der Waals surface area contributed by atoms with Crippen molar-refractivity contribution in [3.63, 3.8) is 0 Å². The van der Waals surface area contributed by atoms with Gasteiger partial charge in [0, 0.05) is 30.2 Å². The van der Waals surface area contributed by atoms with E-state index >= 15 is 0 Å². The summed E-state index contributed by atoms with van der Waals surface area (Å²) in [6.07, 6.45) is 3.11. The highest BCUT2D eigenvalue weighted by Gasteiger charge is 2.17. The minimum absolute atomic E-state index is 0.439. The van der Waals surface area contributed by atoms with E-state index in [-0.39, 0.29) is 0 Å². The standard InChI is InChI=1S/C15H19N3S/c1-11-17-9-13(19-11)10-18-15-6-7-16-8-12-4-2-3-5-14(12)15/h2-5,9,15-16,18H,6-8,10H2,1H3. The third-order valence-electron chi connectivity index (χ3n) is 3.55. The molecule has 4 heteroatoms. The summed E-state index contributed by atoms with van der Waals surface area (Å²) >= 11 is 1.77. The summed E-state index contributed by atoms with van der Waals surface area (Å²) in [5.74, 6) is 0. The lowest BCUT2D eigenvalue weighted by molar-refractivity contribution is 0.498. The molecular weight excluding hydrogens is 254 g/mol. The van der Waals surface area contributed by atoms with E-state index < -0.39 is 0 Å². The Hall–Kier alpha value is -1.23. The summed E-state index contributed by atoms with van der Waals surface area (Å²) in [6.45, 7) is 5.01. The molecule has 1 aliphatic rings. The van der Waals surface area contributed by atoms with Crippen molar-refractivity contribution in [2.45, 2.75) is 32.5 Å². The van der Waals surface area contributed by atoms with E-state index in [0.29, 0.717) is 6.04 Å². The van der Waals surface area contributed by atoms with Crippen LogP contribution in [0, 0.1) is 6.92 Å². The third-order valence-corrected chi connectivity index (χ3v) is 4.46. The number of benzene rings is 1. The molecular formula is C15H19N3S. The molecule has 2 N–H and O–H groups in total. The van der Waals surface area contributed by atoms with Crippen molar-refractivity contribution in [2.75, 3.05) is 6.54 Å². The summed E-state index contributed by atoms with van der Waals surface area (Å²) in [6, 6.07) is 9.16. The van der Waals surface area contributed by atoms with Crippen molar-refractivity contribution in [1.82, 2.24) is 15.6 Å². The topological polar surface area (TPSA) is 37.0 Å². The predicted molar refractivity (Wildman–Crippen MR) is 79.2 cm³/mol. The van der Waals surface area contributed by atoms with Crippen LogP contribution in [0.15, 0.2) is 30.5 Å². The molecule has 19 heavy (non-hydrogen) atoms. The van der Waals surface area contributed by atoms with Gasteiger partial charge in [0.15, 0.2) is 0 Å². The number of nitrogens with zero attached hydrogens (tertiary/aromatic N) is 1. The van der Waals surface area contributed by atoms with Crippen LogP contribution in [0.3, 0.4) is 0 Å². The van der Waals surface area contributed by atoms with Crippen LogP contribution in [0.5, 0.6) is 0 Å². The van der Waals surface area contributed by atoms with Crippen LogP contribution in [0.4, 0.5) is 0 Å². The summed E-state index contributed by atoms with van der Waals surface area (Å²) in [5.41, 5.74) is 2.85. The predicted octanol–water partition coefficient (Wildman–Crippen LogP) is 2.78. The first kappa shape index (κ1) is 12.8. The molecule has 2 aromatic rings. The quantitative estimate of drug-likeness (QED) is 0.903. The highest BCUT2D eigenvalue weighted by atomic mass is 32.1. The van der Waals surface area contributed by atoms with E-state index in [2.05, 4.69) is 46.8 Å². The Bertz CT molecular complexity index is 550. The molecule has 3 nitrogen and oxygen atoms in total. The lowest BCUT2D eigenvalue weighted by Gasteiger charge is -2.18. The zero-order chi connectivity index (χ0) is 13.1. The molecule has 100 valence electrons. The Morgan fingerprint density at radius 3 is 3.16 bits per heavy atom. The third kappa shape index (κ3) is 3.03. The molecule has 0 fully saturated rings. The second-order valence-electron chi connectivity index (χ2n) is 4.94. The molecule has 0 spiro atoms. The van der Waals surface area contributed by atoms with Crippen LogP contribution in [0.2, 0.25) is 0 Å². The van der Waals surface area contributed by atoms with E-state index in [1.54, 1.807) is 11.3 Å². The Kier molecular flexibility index (Phi) is 3.92. The molecule has 0 amide bonds. The van der Waals surface area contributed by atoms with Crippen molar-refractivity contribution in [3.05, 3.63) is 51.5 Å². The lowest BCUT2D eigenvalue weighted by Crippen LogP contribution is -2.22. The Morgan fingerprint density at radius 1 is 1.42 bits per heavy atom. The molecule has 1 unspecified atom stereocenters. The molecule has 1 aromatic carbocycles. The normalized spacial score (nSPS) is 18.9. The van der Waals surface area contributed by atoms with Gasteiger partial charge in [0.2, 0.25) is 0 Å². The first-order valence-corrected chi connectivity index (χ1v) is 7.58. The van der Waals surface area contributed by atoms with Gasteiger partial charge in [-0.15, -0.1) is 11.3 Å². The van der Waals surface area contributed by atoms with Crippen LogP contribution in [-0.2, 0) is 13.1 Å². The van der Waals surface area contributed by atoms with Crippen molar-refractivity contribution in [2.24, 2.45) is 0 Å². The lowest BCUT2D eigenvalue weighted by atomic mass is 9.99. The number of hydrogen-bond acceptors (Lipinski definition) is 4. The molecule has 1 aliphatic heterocycles. The van der Waals surface area contributed by atoms with Gasteiger partial charge in [0.25, 0.3) is 0 Å². The smallest absolute Gasteiger partial charge is 0.0897 e. The summed E-state index contributed by atoms with van der Waals surface area (Å²) in [7, 11) is 0. The largest absolute Gasteiger partial charge is 0.313 e. The van der Waals surface area contributed by atoms with E-state index in [9.17, 15) is 0 Å². The minimum atomic E-state index is 0.439. The van der Waals surface area contributed by atoms with E-state index in [4.69, 9.17) is 0 Å². The maximum atomic E-state index is 4.31. The average molecular weight is 273 g/mol. The highest BCUT2D eigenvalue weighted by molar-refractivity contribution is 7.11. The Balaban J connectivity index is 1.73. The average Bonchev–Trinajstić information content (AvgIpc) is 2.73. The van der Waals surface area contributed by atoms with Crippen LogP contribution >= 0.6 is 11.3 Å². The molecule has 0 radical (unpaired) electrons. The fourth-order valence-electron chi connectivity index (χ4n) is 2.58. The fourth-order valence-corrected chi connectivity index (χ4v) is 3.33. The number of nitrogens with one attached hydrogen (secondary N) is 2. The molecule has 0 aliphatic carbocycles. The first-order valence-electron chi connectivity index (χ1n) is 6.76. The second-order valence-corrected chi connectivity index (χ2v) is 6.26. The zero-order valence-corrected chi connectivity index (χ0v) is 12.0. The molecule has 0 saturated carbocycles. The van der Waals surface area contributed by atoms with Crippen molar-refractivity contribution < 1.29 is 0 Å². The number of aryl methyl sites for hydroxylation is 1.